The molecular formula is C14H22N2O3. The third-order valence-corrected chi connectivity index (χ3v) is 4.43. The molecule has 19 heavy (non-hydrogen) atoms. The fourth-order valence-corrected chi connectivity index (χ4v) is 2.90. The van der Waals surface area contributed by atoms with Gasteiger partial charge in [-0.25, -0.2) is 4.79 Å². The summed E-state index contributed by atoms with van der Waals surface area (Å²) in [5.74, 6) is -0.750. The number of hydrogen-bond acceptors (Lipinski definition) is 2. The number of urea groups is 1. The lowest BCUT2D eigenvalue weighted by atomic mass is 9.76. The Kier molecular flexibility index (Phi) is 3.83. The molecule has 5 heteroatoms. The third-order valence-electron chi connectivity index (χ3n) is 4.43. The zero-order valence-electron chi connectivity index (χ0n) is 11.6. The van der Waals surface area contributed by atoms with E-state index in [1.807, 2.05) is 19.9 Å². The van der Waals surface area contributed by atoms with Crippen LogP contribution in [0.2, 0.25) is 0 Å². The van der Waals surface area contributed by atoms with Crippen molar-refractivity contribution in [2.45, 2.75) is 26.7 Å². The molecule has 0 aromatic carbocycles. The molecule has 0 spiro atoms. The second-order valence-electron chi connectivity index (χ2n) is 5.78. The van der Waals surface area contributed by atoms with Gasteiger partial charge in [0.2, 0.25) is 0 Å². The lowest BCUT2D eigenvalue weighted by molar-refractivity contribution is -0.150. The van der Waals surface area contributed by atoms with Crippen molar-refractivity contribution in [1.29, 1.82) is 0 Å². The SMILES string of the molecule is CC(C)C1(C(=O)O)CCN(C(=O)N2CC=CCC2)C1. The van der Waals surface area contributed by atoms with Crippen LogP contribution in [0.5, 0.6) is 0 Å². The summed E-state index contributed by atoms with van der Waals surface area (Å²) >= 11 is 0. The summed E-state index contributed by atoms with van der Waals surface area (Å²) in [6.45, 7) is 6.09. The van der Waals surface area contributed by atoms with Crippen LogP contribution in [0.15, 0.2) is 12.2 Å². The van der Waals surface area contributed by atoms with Gasteiger partial charge in [-0.2, -0.15) is 0 Å². The number of nitrogens with zero attached hydrogens (tertiary/aromatic N) is 2. The predicted octanol–water partition coefficient (Wildman–Crippen LogP) is 1.80. The fraction of sp³-hybridized carbons (Fsp3) is 0.714. The van der Waals surface area contributed by atoms with Gasteiger partial charge >= 0.3 is 12.0 Å². The van der Waals surface area contributed by atoms with Crippen LogP contribution in [0, 0.1) is 11.3 Å². The Labute approximate surface area is 113 Å². The van der Waals surface area contributed by atoms with Crippen LogP contribution in [0.4, 0.5) is 4.79 Å². The van der Waals surface area contributed by atoms with Gasteiger partial charge < -0.3 is 14.9 Å². The van der Waals surface area contributed by atoms with E-state index in [-0.39, 0.29) is 11.9 Å². The molecule has 5 nitrogen and oxygen atoms in total. The highest BCUT2D eigenvalue weighted by Gasteiger charge is 2.49. The van der Waals surface area contributed by atoms with Crippen LogP contribution in [0.25, 0.3) is 0 Å². The second-order valence-corrected chi connectivity index (χ2v) is 5.78. The van der Waals surface area contributed by atoms with Crippen molar-refractivity contribution in [3.63, 3.8) is 0 Å². The van der Waals surface area contributed by atoms with E-state index < -0.39 is 11.4 Å². The van der Waals surface area contributed by atoms with Crippen LogP contribution in [-0.2, 0) is 4.79 Å². The van der Waals surface area contributed by atoms with Crippen molar-refractivity contribution in [3.05, 3.63) is 12.2 Å². The molecule has 2 aliphatic heterocycles. The van der Waals surface area contributed by atoms with Gasteiger partial charge in [0.15, 0.2) is 0 Å². The summed E-state index contributed by atoms with van der Waals surface area (Å²) in [6, 6.07) is -0.0203. The third kappa shape index (κ3) is 2.46. The zero-order valence-corrected chi connectivity index (χ0v) is 11.6. The number of rotatable bonds is 2. The average Bonchev–Trinajstić information content (AvgIpc) is 2.85. The fourth-order valence-electron chi connectivity index (χ4n) is 2.90. The van der Waals surface area contributed by atoms with Gasteiger partial charge in [-0.1, -0.05) is 26.0 Å². The van der Waals surface area contributed by atoms with Gasteiger partial charge in [0.25, 0.3) is 0 Å². The van der Waals surface area contributed by atoms with Gasteiger partial charge in [-0.15, -0.1) is 0 Å². The minimum atomic E-state index is -0.781. The Bertz CT molecular complexity index is 405. The molecule has 0 aromatic heterocycles. The van der Waals surface area contributed by atoms with E-state index in [4.69, 9.17) is 0 Å². The standard InChI is InChI=1S/C14H22N2O3/c1-11(2)14(12(17)18)6-9-16(10-14)13(19)15-7-4-3-5-8-15/h3-4,11H,5-10H2,1-2H3,(H,17,18). The number of amides is 2. The highest BCUT2D eigenvalue weighted by Crippen LogP contribution is 2.38. The van der Waals surface area contributed by atoms with Crippen LogP contribution in [-0.4, -0.2) is 53.1 Å². The number of carbonyl (C=O) groups is 2. The molecule has 106 valence electrons. The summed E-state index contributed by atoms with van der Waals surface area (Å²) in [5.41, 5.74) is -0.777. The lowest BCUT2D eigenvalue weighted by Crippen LogP contribution is -2.46. The Hall–Kier alpha value is -1.52. The van der Waals surface area contributed by atoms with Crippen molar-refractivity contribution in [1.82, 2.24) is 9.80 Å². The van der Waals surface area contributed by atoms with Crippen molar-refractivity contribution in [2.24, 2.45) is 11.3 Å². The quantitative estimate of drug-likeness (QED) is 0.775. The molecular weight excluding hydrogens is 244 g/mol. The maximum Gasteiger partial charge on any atom is 0.320 e. The van der Waals surface area contributed by atoms with E-state index in [1.165, 1.54) is 0 Å². The molecule has 1 fully saturated rings. The first kappa shape index (κ1) is 13.9. The lowest BCUT2D eigenvalue weighted by Gasteiger charge is -2.31. The summed E-state index contributed by atoms with van der Waals surface area (Å²) in [7, 11) is 0. The number of carbonyl (C=O) groups excluding carboxylic acids is 1. The maximum atomic E-state index is 12.4. The van der Waals surface area contributed by atoms with Crippen molar-refractivity contribution >= 4 is 12.0 Å². The van der Waals surface area contributed by atoms with Gasteiger partial charge in [-0.05, 0) is 18.8 Å². The number of likely N-dealkylation sites (tertiary alicyclic amines) is 1. The molecule has 1 saturated heterocycles. The van der Waals surface area contributed by atoms with Gasteiger partial charge in [0.05, 0.1) is 5.41 Å². The van der Waals surface area contributed by atoms with E-state index in [0.717, 1.165) is 13.0 Å². The molecule has 1 N–H and O–H groups in total. The second kappa shape index (κ2) is 5.23. The summed E-state index contributed by atoms with van der Waals surface area (Å²) < 4.78 is 0. The van der Waals surface area contributed by atoms with Crippen molar-refractivity contribution in [3.8, 4) is 0 Å². The summed E-state index contributed by atoms with van der Waals surface area (Å²) in [4.78, 5) is 27.4. The highest BCUT2D eigenvalue weighted by atomic mass is 16.4. The normalized spacial score (nSPS) is 27.1. The topological polar surface area (TPSA) is 60.9 Å². The number of hydrogen-bond donors (Lipinski definition) is 1. The van der Waals surface area contributed by atoms with Crippen LogP contribution in [0.3, 0.4) is 0 Å². The van der Waals surface area contributed by atoms with Crippen LogP contribution in [0.1, 0.15) is 26.7 Å². The van der Waals surface area contributed by atoms with Crippen molar-refractivity contribution < 1.29 is 14.7 Å². The van der Waals surface area contributed by atoms with Crippen LogP contribution >= 0.6 is 0 Å². The molecule has 1 atom stereocenters. The minimum Gasteiger partial charge on any atom is -0.481 e. The minimum absolute atomic E-state index is 0.0203. The largest absolute Gasteiger partial charge is 0.481 e. The number of carboxylic acids is 1. The summed E-state index contributed by atoms with van der Waals surface area (Å²) in [5, 5.41) is 9.48. The van der Waals surface area contributed by atoms with E-state index >= 15 is 0 Å². The van der Waals surface area contributed by atoms with Crippen molar-refractivity contribution in [2.75, 3.05) is 26.2 Å². The molecule has 0 saturated carbocycles. The molecule has 2 amide bonds. The molecule has 2 aliphatic rings. The Morgan fingerprint density at radius 2 is 1.95 bits per heavy atom. The molecule has 1 unspecified atom stereocenters. The zero-order chi connectivity index (χ0) is 14.0. The smallest absolute Gasteiger partial charge is 0.320 e. The Morgan fingerprint density at radius 3 is 2.42 bits per heavy atom. The van der Waals surface area contributed by atoms with E-state index in [0.29, 0.717) is 26.1 Å². The Balaban J connectivity index is 2.06. The first-order valence-corrected chi connectivity index (χ1v) is 6.89. The maximum absolute atomic E-state index is 12.4. The molecule has 0 radical (unpaired) electrons. The number of carboxylic acid groups (broad SMARTS) is 1. The van der Waals surface area contributed by atoms with Gasteiger partial charge in [-0.3, -0.25) is 4.79 Å². The van der Waals surface area contributed by atoms with E-state index in [1.54, 1.807) is 9.80 Å². The van der Waals surface area contributed by atoms with Gasteiger partial charge in [0, 0.05) is 26.2 Å². The highest BCUT2D eigenvalue weighted by molar-refractivity contribution is 5.80. The molecule has 0 aromatic rings. The molecule has 2 rings (SSSR count). The molecule has 2 heterocycles. The van der Waals surface area contributed by atoms with Crippen LogP contribution < -0.4 is 0 Å². The molecule has 0 bridgehead atoms. The predicted molar refractivity (Wildman–Crippen MR) is 71.8 cm³/mol. The monoisotopic (exact) mass is 266 g/mol. The molecule has 0 aliphatic carbocycles. The van der Waals surface area contributed by atoms with E-state index in [9.17, 15) is 14.7 Å². The van der Waals surface area contributed by atoms with E-state index in [2.05, 4.69) is 6.08 Å². The Morgan fingerprint density at radius 1 is 1.21 bits per heavy atom. The first-order chi connectivity index (χ1) is 8.97. The summed E-state index contributed by atoms with van der Waals surface area (Å²) in [6.07, 6.45) is 5.50. The first-order valence-electron chi connectivity index (χ1n) is 6.89. The van der Waals surface area contributed by atoms with Gasteiger partial charge in [0.1, 0.15) is 0 Å². The average molecular weight is 266 g/mol. The number of aliphatic carboxylic acids is 1.